The second-order valence-electron chi connectivity index (χ2n) is 7.54. The van der Waals surface area contributed by atoms with Gasteiger partial charge in [-0.15, -0.1) is 0 Å². The molecule has 0 amide bonds. The molecule has 0 radical (unpaired) electrons. The average molecular weight is 353 g/mol. The van der Waals surface area contributed by atoms with Gasteiger partial charge in [0.2, 0.25) is 5.89 Å². The maximum atomic E-state index is 13.4. The number of halogens is 1. The van der Waals surface area contributed by atoms with Crippen molar-refractivity contribution in [2.24, 2.45) is 0 Å². The van der Waals surface area contributed by atoms with Crippen molar-refractivity contribution >= 4 is 0 Å². The van der Waals surface area contributed by atoms with Gasteiger partial charge in [-0.25, -0.2) is 4.39 Å². The second kappa shape index (κ2) is 7.38. The summed E-state index contributed by atoms with van der Waals surface area (Å²) in [6, 6.07) is 16.7. The monoisotopic (exact) mass is 353 g/mol. The van der Waals surface area contributed by atoms with E-state index in [1.807, 2.05) is 37.4 Å². The van der Waals surface area contributed by atoms with E-state index < -0.39 is 0 Å². The summed E-state index contributed by atoms with van der Waals surface area (Å²) in [5.74, 6) is 1.02. The lowest BCUT2D eigenvalue weighted by molar-refractivity contribution is 0.228. The minimum Gasteiger partial charge on any atom is -0.338 e. The van der Waals surface area contributed by atoms with Gasteiger partial charge in [-0.05, 0) is 30.3 Å². The molecule has 3 rings (SSSR count). The molecule has 1 aromatic heterocycles. The molecule has 0 aliphatic rings. The Bertz CT molecular complexity index is 838. The van der Waals surface area contributed by atoms with Gasteiger partial charge in [0.05, 0.1) is 12.6 Å². The Balaban J connectivity index is 1.89. The Kier molecular flexibility index (Phi) is 5.18. The third kappa shape index (κ3) is 4.17. The van der Waals surface area contributed by atoms with Crippen molar-refractivity contribution in [2.45, 2.75) is 38.8 Å². The first-order valence-electron chi connectivity index (χ1n) is 8.68. The summed E-state index contributed by atoms with van der Waals surface area (Å²) in [6.45, 7) is 6.66. The van der Waals surface area contributed by atoms with Gasteiger partial charge in [0.1, 0.15) is 5.82 Å². The molecule has 0 unspecified atom stereocenters. The number of aromatic nitrogens is 2. The Morgan fingerprint density at radius 1 is 1.00 bits per heavy atom. The number of nitrogens with zero attached hydrogens (tertiary/aromatic N) is 3. The van der Waals surface area contributed by atoms with E-state index in [-0.39, 0.29) is 17.3 Å². The van der Waals surface area contributed by atoms with Crippen LogP contribution in [0.3, 0.4) is 0 Å². The molecule has 136 valence electrons. The van der Waals surface area contributed by atoms with Crippen molar-refractivity contribution < 1.29 is 8.91 Å². The average Bonchev–Trinajstić information content (AvgIpc) is 3.07. The van der Waals surface area contributed by atoms with Crippen LogP contribution in [0.4, 0.5) is 4.39 Å². The van der Waals surface area contributed by atoms with Crippen LogP contribution in [0.5, 0.6) is 0 Å². The van der Waals surface area contributed by atoms with Crippen molar-refractivity contribution in [3.05, 3.63) is 83.3 Å². The number of rotatable bonds is 5. The summed E-state index contributed by atoms with van der Waals surface area (Å²) in [7, 11) is 2.00. The first-order valence-corrected chi connectivity index (χ1v) is 8.68. The highest BCUT2D eigenvalue weighted by atomic mass is 19.1. The van der Waals surface area contributed by atoms with Gasteiger partial charge in [0.15, 0.2) is 5.82 Å². The maximum absolute atomic E-state index is 13.4. The predicted molar refractivity (Wildman–Crippen MR) is 99.2 cm³/mol. The second-order valence-corrected chi connectivity index (χ2v) is 7.54. The Morgan fingerprint density at radius 3 is 2.19 bits per heavy atom. The van der Waals surface area contributed by atoms with E-state index in [1.54, 1.807) is 0 Å². The highest BCUT2D eigenvalue weighted by Gasteiger charge is 2.24. The van der Waals surface area contributed by atoms with Crippen molar-refractivity contribution in [1.29, 1.82) is 0 Å². The maximum Gasteiger partial charge on any atom is 0.240 e. The zero-order valence-electron chi connectivity index (χ0n) is 15.6. The summed E-state index contributed by atoms with van der Waals surface area (Å²) in [4.78, 5) is 6.65. The van der Waals surface area contributed by atoms with Crippen LogP contribution in [0.1, 0.15) is 49.7 Å². The third-order valence-electron chi connectivity index (χ3n) is 4.27. The molecule has 0 bridgehead atoms. The summed E-state index contributed by atoms with van der Waals surface area (Å²) in [5, 5.41) is 4.09. The lowest BCUT2D eigenvalue weighted by atomic mass is 9.96. The van der Waals surface area contributed by atoms with Crippen LogP contribution in [0.2, 0.25) is 0 Å². The molecule has 4 nitrogen and oxygen atoms in total. The van der Waals surface area contributed by atoms with Crippen LogP contribution in [0.15, 0.2) is 59.1 Å². The van der Waals surface area contributed by atoms with E-state index in [1.165, 1.54) is 12.1 Å². The van der Waals surface area contributed by atoms with Crippen molar-refractivity contribution in [3.63, 3.8) is 0 Å². The van der Waals surface area contributed by atoms with E-state index in [0.717, 1.165) is 11.1 Å². The Morgan fingerprint density at radius 2 is 1.62 bits per heavy atom. The largest absolute Gasteiger partial charge is 0.338 e. The third-order valence-corrected chi connectivity index (χ3v) is 4.27. The predicted octanol–water partition coefficient (Wildman–Crippen LogP) is 4.73. The molecule has 0 fully saturated rings. The molecule has 0 aliphatic carbocycles. The van der Waals surface area contributed by atoms with Gasteiger partial charge in [-0.2, -0.15) is 4.98 Å². The van der Waals surface area contributed by atoms with Gasteiger partial charge in [-0.1, -0.05) is 68.4 Å². The molecule has 0 spiro atoms. The first kappa shape index (κ1) is 18.3. The van der Waals surface area contributed by atoms with E-state index in [4.69, 9.17) is 4.52 Å². The fraction of sp³-hybridized carbons (Fsp3) is 0.333. The molecule has 0 saturated carbocycles. The lowest BCUT2D eigenvalue weighted by Gasteiger charge is -2.28. The molecule has 0 N–H and O–H groups in total. The van der Waals surface area contributed by atoms with Crippen LogP contribution in [-0.4, -0.2) is 22.1 Å². The van der Waals surface area contributed by atoms with Gasteiger partial charge in [0.25, 0.3) is 0 Å². The van der Waals surface area contributed by atoms with Crippen LogP contribution in [0.25, 0.3) is 0 Å². The molecule has 0 saturated heterocycles. The normalized spacial score (nSPS) is 13.2. The zero-order chi connectivity index (χ0) is 18.7. The number of benzene rings is 2. The van der Waals surface area contributed by atoms with E-state index in [2.05, 4.69) is 47.9 Å². The standard InChI is InChI=1S/C21H24FN3O/c1-21(2,3)20-23-18(26-24-20)14-25(4)19(15-8-6-5-7-9-15)16-10-12-17(22)13-11-16/h5-13,19H,14H2,1-4H3/t19-/m0/s1. The van der Waals surface area contributed by atoms with Gasteiger partial charge in [-0.3, -0.25) is 4.90 Å². The summed E-state index contributed by atoms with van der Waals surface area (Å²) >= 11 is 0. The lowest BCUT2D eigenvalue weighted by Crippen LogP contribution is -2.25. The summed E-state index contributed by atoms with van der Waals surface area (Å²) in [6.07, 6.45) is 0. The molecule has 2 aromatic carbocycles. The number of hydrogen-bond donors (Lipinski definition) is 0. The molecule has 1 heterocycles. The van der Waals surface area contributed by atoms with Crippen LogP contribution in [0, 0.1) is 5.82 Å². The zero-order valence-corrected chi connectivity index (χ0v) is 15.6. The van der Waals surface area contributed by atoms with E-state index in [9.17, 15) is 4.39 Å². The van der Waals surface area contributed by atoms with Crippen molar-refractivity contribution in [3.8, 4) is 0 Å². The van der Waals surface area contributed by atoms with E-state index in [0.29, 0.717) is 18.3 Å². The van der Waals surface area contributed by atoms with Crippen LogP contribution < -0.4 is 0 Å². The topological polar surface area (TPSA) is 42.2 Å². The van der Waals surface area contributed by atoms with Crippen LogP contribution in [-0.2, 0) is 12.0 Å². The highest BCUT2D eigenvalue weighted by molar-refractivity contribution is 5.32. The van der Waals surface area contributed by atoms with Crippen LogP contribution >= 0.6 is 0 Å². The molecule has 3 aromatic rings. The van der Waals surface area contributed by atoms with E-state index >= 15 is 0 Å². The molecular weight excluding hydrogens is 329 g/mol. The molecular formula is C21H24FN3O. The quantitative estimate of drug-likeness (QED) is 0.665. The molecule has 5 heteroatoms. The highest BCUT2D eigenvalue weighted by Crippen LogP contribution is 2.29. The minimum atomic E-state index is -0.241. The SMILES string of the molecule is CN(Cc1nc(C(C)(C)C)no1)[C@@H](c1ccccc1)c1ccc(F)cc1. The molecule has 1 atom stereocenters. The fourth-order valence-corrected chi connectivity index (χ4v) is 2.91. The smallest absolute Gasteiger partial charge is 0.240 e. The van der Waals surface area contributed by atoms with Crippen molar-refractivity contribution in [1.82, 2.24) is 15.0 Å². The van der Waals surface area contributed by atoms with Gasteiger partial charge < -0.3 is 4.52 Å². The van der Waals surface area contributed by atoms with Gasteiger partial charge >= 0.3 is 0 Å². The number of hydrogen-bond acceptors (Lipinski definition) is 4. The van der Waals surface area contributed by atoms with Crippen molar-refractivity contribution in [2.75, 3.05) is 7.05 Å². The Hall–Kier alpha value is -2.53. The molecule has 0 aliphatic heterocycles. The summed E-state index contributed by atoms with van der Waals surface area (Å²) < 4.78 is 18.8. The Labute approximate surface area is 153 Å². The molecule has 26 heavy (non-hydrogen) atoms. The minimum absolute atomic E-state index is 0.0400. The first-order chi connectivity index (χ1) is 12.3. The van der Waals surface area contributed by atoms with Gasteiger partial charge in [0, 0.05) is 5.41 Å². The fourth-order valence-electron chi connectivity index (χ4n) is 2.91. The summed E-state index contributed by atoms with van der Waals surface area (Å²) in [5.41, 5.74) is 1.98.